The van der Waals surface area contributed by atoms with E-state index < -0.39 is 12.0 Å². The van der Waals surface area contributed by atoms with Crippen LogP contribution in [0.15, 0.2) is 18.3 Å². The molecule has 0 saturated carbocycles. The summed E-state index contributed by atoms with van der Waals surface area (Å²) in [5.74, 6) is -0.865. The summed E-state index contributed by atoms with van der Waals surface area (Å²) in [4.78, 5) is 13.8. The van der Waals surface area contributed by atoms with Crippen molar-refractivity contribution < 1.29 is 15.0 Å². The summed E-state index contributed by atoms with van der Waals surface area (Å²) < 4.78 is 0. The molecule has 2 rings (SSSR count). The number of aromatic nitrogens is 1. The maximum Gasteiger partial charge on any atom is 0.320 e. The molecule has 0 saturated heterocycles. The summed E-state index contributed by atoms with van der Waals surface area (Å²) in [7, 11) is 0. The molecule has 0 unspecified atom stereocenters. The van der Waals surface area contributed by atoms with E-state index in [2.05, 4.69) is 4.98 Å². The SMILES string of the molecule is Cc1cc(O)cc2c(C[C@H](N)C(=O)O)c[nH]c12. The van der Waals surface area contributed by atoms with Crippen molar-refractivity contribution in [3.63, 3.8) is 0 Å². The van der Waals surface area contributed by atoms with Gasteiger partial charge in [-0.2, -0.15) is 0 Å². The van der Waals surface area contributed by atoms with Crippen LogP contribution < -0.4 is 5.73 Å². The molecule has 5 nitrogen and oxygen atoms in total. The van der Waals surface area contributed by atoms with Gasteiger partial charge in [0.2, 0.25) is 0 Å². The highest BCUT2D eigenvalue weighted by Gasteiger charge is 2.15. The highest BCUT2D eigenvalue weighted by Crippen LogP contribution is 2.27. The number of nitrogens with one attached hydrogen (secondary N) is 1. The van der Waals surface area contributed by atoms with E-state index in [1.54, 1.807) is 18.3 Å². The molecular weight excluding hydrogens is 220 g/mol. The zero-order valence-corrected chi connectivity index (χ0v) is 9.40. The number of carboxylic acid groups (broad SMARTS) is 1. The summed E-state index contributed by atoms with van der Waals surface area (Å²) in [6, 6.07) is 2.33. The van der Waals surface area contributed by atoms with Crippen molar-refractivity contribution in [2.24, 2.45) is 5.73 Å². The lowest BCUT2D eigenvalue weighted by molar-refractivity contribution is -0.138. The van der Waals surface area contributed by atoms with Gasteiger partial charge in [0.15, 0.2) is 0 Å². The fourth-order valence-corrected chi connectivity index (χ4v) is 1.94. The Bertz CT molecular complexity index is 574. The van der Waals surface area contributed by atoms with Crippen LogP contribution in [-0.4, -0.2) is 27.2 Å². The Hall–Kier alpha value is -2.01. The Morgan fingerprint density at radius 2 is 2.24 bits per heavy atom. The van der Waals surface area contributed by atoms with Crippen LogP contribution in [0, 0.1) is 6.92 Å². The molecule has 0 bridgehead atoms. The molecule has 17 heavy (non-hydrogen) atoms. The Morgan fingerprint density at radius 3 is 2.88 bits per heavy atom. The van der Waals surface area contributed by atoms with E-state index in [4.69, 9.17) is 10.8 Å². The smallest absolute Gasteiger partial charge is 0.320 e. The lowest BCUT2D eigenvalue weighted by atomic mass is 10.0. The van der Waals surface area contributed by atoms with Gasteiger partial charge >= 0.3 is 5.97 Å². The van der Waals surface area contributed by atoms with Gasteiger partial charge in [0.05, 0.1) is 0 Å². The standard InChI is InChI=1S/C12H14N2O3/c1-6-2-8(15)4-9-7(5-14-11(6)9)3-10(13)12(16)17/h2,4-5,10,14-15H,3,13H2,1H3,(H,16,17)/t10-/m0/s1. The molecule has 90 valence electrons. The highest BCUT2D eigenvalue weighted by molar-refractivity contribution is 5.88. The molecule has 0 amide bonds. The van der Waals surface area contributed by atoms with Crippen LogP contribution in [0.2, 0.25) is 0 Å². The van der Waals surface area contributed by atoms with E-state index in [9.17, 15) is 9.90 Å². The molecule has 0 radical (unpaired) electrons. The molecule has 2 aromatic rings. The molecule has 1 aromatic carbocycles. The van der Waals surface area contributed by atoms with Crippen molar-refractivity contribution in [2.45, 2.75) is 19.4 Å². The zero-order chi connectivity index (χ0) is 12.6. The lowest BCUT2D eigenvalue weighted by Crippen LogP contribution is -2.32. The first-order chi connectivity index (χ1) is 7.99. The number of aromatic amines is 1. The normalized spacial score (nSPS) is 12.8. The number of nitrogens with two attached hydrogens (primary N) is 1. The highest BCUT2D eigenvalue weighted by atomic mass is 16.4. The van der Waals surface area contributed by atoms with E-state index >= 15 is 0 Å². The second kappa shape index (κ2) is 4.10. The quantitative estimate of drug-likeness (QED) is 0.639. The zero-order valence-electron chi connectivity index (χ0n) is 9.40. The predicted octanol–water partition coefficient (Wildman–Crippen LogP) is 1.14. The van der Waals surface area contributed by atoms with Crippen molar-refractivity contribution >= 4 is 16.9 Å². The number of hydrogen-bond donors (Lipinski definition) is 4. The third-order valence-electron chi connectivity index (χ3n) is 2.81. The average Bonchev–Trinajstić information content (AvgIpc) is 2.61. The second-order valence-electron chi connectivity index (χ2n) is 4.15. The maximum absolute atomic E-state index is 10.7. The van der Waals surface area contributed by atoms with E-state index in [0.717, 1.165) is 22.0 Å². The number of carbonyl (C=O) groups is 1. The van der Waals surface area contributed by atoms with Gasteiger partial charge in [-0.15, -0.1) is 0 Å². The first-order valence-corrected chi connectivity index (χ1v) is 5.27. The number of H-pyrrole nitrogens is 1. The number of fused-ring (bicyclic) bond motifs is 1. The summed E-state index contributed by atoms with van der Waals surface area (Å²) in [6.07, 6.45) is 1.97. The average molecular weight is 234 g/mol. The van der Waals surface area contributed by atoms with Crippen molar-refractivity contribution in [2.75, 3.05) is 0 Å². The third kappa shape index (κ3) is 2.09. The van der Waals surface area contributed by atoms with Crippen LogP contribution in [0.5, 0.6) is 5.75 Å². The Labute approximate surface area is 97.9 Å². The Morgan fingerprint density at radius 1 is 1.53 bits per heavy atom. The second-order valence-corrected chi connectivity index (χ2v) is 4.15. The van der Waals surface area contributed by atoms with Crippen molar-refractivity contribution in [1.29, 1.82) is 0 Å². The number of aliphatic carboxylic acids is 1. The lowest BCUT2D eigenvalue weighted by Gasteiger charge is -2.05. The fraction of sp³-hybridized carbons (Fsp3) is 0.250. The maximum atomic E-state index is 10.7. The number of rotatable bonds is 3. The van der Waals surface area contributed by atoms with Crippen LogP contribution in [0.3, 0.4) is 0 Å². The first kappa shape index (κ1) is 11.5. The number of benzene rings is 1. The van der Waals surface area contributed by atoms with Crippen LogP contribution >= 0.6 is 0 Å². The monoisotopic (exact) mass is 234 g/mol. The van der Waals surface area contributed by atoms with E-state index in [1.165, 1.54) is 0 Å². The molecule has 5 N–H and O–H groups in total. The van der Waals surface area contributed by atoms with Gasteiger partial charge in [0.25, 0.3) is 0 Å². The van der Waals surface area contributed by atoms with Gasteiger partial charge in [-0.05, 0) is 30.2 Å². The van der Waals surface area contributed by atoms with Crippen LogP contribution in [0.25, 0.3) is 10.9 Å². The molecule has 0 aliphatic rings. The van der Waals surface area contributed by atoms with Gasteiger partial charge in [0, 0.05) is 23.5 Å². The van der Waals surface area contributed by atoms with E-state index in [1.807, 2.05) is 6.92 Å². The molecule has 5 heteroatoms. The third-order valence-corrected chi connectivity index (χ3v) is 2.81. The fourth-order valence-electron chi connectivity index (χ4n) is 1.94. The van der Waals surface area contributed by atoms with E-state index in [0.29, 0.717) is 0 Å². The molecule has 1 aromatic heterocycles. The predicted molar refractivity (Wildman–Crippen MR) is 64.0 cm³/mol. The van der Waals surface area contributed by atoms with Gasteiger partial charge in [-0.3, -0.25) is 4.79 Å². The number of carboxylic acids is 1. The molecule has 1 heterocycles. The molecule has 1 atom stereocenters. The Kier molecular flexibility index (Phi) is 2.77. The molecule has 0 fully saturated rings. The van der Waals surface area contributed by atoms with E-state index in [-0.39, 0.29) is 12.2 Å². The van der Waals surface area contributed by atoms with Crippen LogP contribution in [0.4, 0.5) is 0 Å². The van der Waals surface area contributed by atoms with Gasteiger partial charge in [-0.1, -0.05) is 0 Å². The van der Waals surface area contributed by atoms with Crippen LogP contribution in [-0.2, 0) is 11.2 Å². The van der Waals surface area contributed by atoms with Crippen molar-refractivity contribution in [3.8, 4) is 5.75 Å². The number of aryl methyl sites for hydroxylation is 1. The summed E-state index contributed by atoms with van der Waals surface area (Å²) in [5, 5.41) is 19.1. The molecule has 0 spiro atoms. The minimum atomic E-state index is -1.03. The molecular formula is C12H14N2O3. The summed E-state index contributed by atoms with van der Waals surface area (Å²) >= 11 is 0. The van der Waals surface area contributed by atoms with Gasteiger partial charge in [-0.25, -0.2) is 0 Å². The molecule has 0 aliphatic heterocycles. The number of aromatic hydroxyl groups is 1. The minimum absolute atomic E-state index is 0.166. The largest absolute Gasteiger partial charge is 0.508 e. The minimum Gasteiger partial charge on any atom is -0.508 e. The van der Waals surface area contributed by atoms with Gasteiger partial charge < -0.3 is 20.9 Å². The topological polar surface area (TPSA) is 99.3 Å². The number of phenols is 1. The van der Waals surface area contributed by atoms with Crippen molar-refractivity contribution in [1.82, 2.24) is 4.98 Å². The van der Waals surface area contributed by atoms with Crippen LogP contribution in [0.1, 0.15) is 11.1 Å². The first-order valence-electron chi connectivity index (χ1n) is 5.27. The Balaban J connectivity index is 2.45. The molecule has 0 aliphatic carbocycles. The summed E-state index contributed by atoms with van der Waals surface area (Å²) in [6.45, 7) is 1.87. The summed E-state index contributed by atoms with van der Waals surface area (Å²) in [5.41, 5.74) is 8.11. The van der Waals surface area contributed by atoms with Crippen molar-refractivity contribution in [3.05, 3.63) is 29.5 Å². The number of hydrogen-bond acceptors (Lipinski definition) is 3. The number of phenolic OH excluding ortho intramolecular Hbond substituents is 1. The van der Waals surface area contributed by atoms with Gasteiger partial charge in [0.1, 0.15) is 11.8 Å².